The molecule has 0 radical (unpaired) electrons. The molecule has 0 saturated carbocycles. The monoisotopic (exact) mass is 304 g/mol. The van der Waals surface area contributed by atoms with Crippen LogP contribution >= 0.6 is 11.3 Å². The summed E-state index contributed by atoms with van der Waals surface area (Å²) in [6.45, 7) is 4.48. The molecule has 0 spiro atoms. The van der Waals surface area contributed by atoms with Crippen LogP contribution in [0.4, 0.5) is 11.8 Å². The summed E-state index contributed by atoms with van der Waals surface area (Å²) in [6.07, 6.45) is 3.33. The van der Waals surface area contributed by atoms with E-state index in [0.717, 1.165) is 31.7 Å². The second-order valence-electron chi connectivity index (χ2n) is 5.33. The summed E-state index contributed by atoms with van der Waals surface area (Å²) in [7, 11) is 0. The molecule has 21 heavy (non-hydrogen) atoms. The normalized spacial score (nSPS) is 18.2. The molecular formula is C15H20N4OS. The number of nitrogens with zero attached hydrogens (tertiary/aromatic N) is 3. The number of β-amino-alcohol motifs (C(OH)–C–C–N with tert-alkyl or cyclic N) is 1. The van der Waals surface area contributed by atoms with Crippen molar-refractivity contribution in [1.29, 1.82) is 0 Å². The third-order valence-corrected chi connectivity index (χ3v) is 4.81. The first-order chi connectivity index (χ1) is 10.2. The van der Waals surface area contributed by atoms with E-state index in [4.69, 9.17) is 0 Å². The van der Waals surface area contributed by atoms with E-state index in [1.807, 2.05) is 6.07 Å². The quantitative estimate of drug-likeness (QED) is 0.885. The Labute approximate surface area is 128 Å². The second-order valence-corrected chi connectivity index (χ2v) is 6.33. The van der Waals surface area contributed by atoms with E-state index >= 15 is 0 Å². The van der Waals surface area contributed by atoms with E-state index in [1.54, 1.807) is 17.5 Å². The molecule has 6 heteroatoms. The Balaban J connectivity index is 1.57. The van der Waals surface area contributed by atoms with Gasteiger partial charge in [0.1, 0.15) is 5.82 Å². The number of anilines is 2. The van der Waals surface area contributed by atoms with Crippen LogP contribution in [0.3, 0.4) is 0 Å². The molecule has 2 N–H and O–H groups in total. The molecule has 0 unspecified atom stereocenters. The second kappa shape index (κ2) is 6.41. The Hall–Kier alpha value is -1.66. The summed E-state index contributed by atoms with van der Waals surface area (Å²) >= 11 is 1.79. The van der Waals surface area contributed by atoms with E-state index in [1.165, 1.54) is 10.4 Å². The summed E-state index contributed by atoms with van der Waals surface area (Å²) in [5.41, 5.74) is 1.35. The van der Waals surface area contributed by atoms with Crippen molar-refractivity contribution in [2.75, 3.05) is 29.9 Å². The number of aliphatic hydroxyl groups is 1. The fourth-order valence-corrected chi connectivity index (χ4v) is 3.42. The average molecular weight is 304 g/mol. The first-order valence-electron chi connectivity index (χ1n) is 7.25. The van der Waals surface area contributed by atoms with Gasteiger partial charge in [-0.05, 0) is 42.8 Å². The highest BCUT2D eigenvalue weighted by Crippen LogP contribution is 2.19. The minimum Gasteiger partial charge on any atom is -0.391 e. The van der Waals surface area contributed by atoms with E-state index in [9.17, 15) is 5.11 Å². The smallest absolute Gasteiger partial charge is 0.224 e. The summed E-state index contributed by atoms with van der Waals surface area (Å²) in [5, 5.41) is 15.0. The van der Waals surface area contributed by atoms with E-state index < -0.39 is 0 Å². The van der Waals surface area contributed by atoms with Gasteiger partial charge < -0.3 is 15.3 Å². The van der Waals surface area contributed by atoms with Gasteiger partial charge in [-0.25, -0.2) is 4.98 Å². The van der Waals surface area contributed by atoms with Gasteiger partial charge in [0.05, 0.1) is 6.10 Å². The van der Waals surface area contributed by atoms with E-state index in [-0.39, 0.29) is 6.10 Å². The highest BCUT2D eigenvalue weighted by molar-refractivity contribution is 7.10. The molecule has 112 valence electrons. The summed E-state index contributed by atoms with van der Waals surface area (Å²) in [6, 6.07) is 4.04. The fourth-order valence-electron chi connectivity index (χ4n) is 2.51. The maximum absolute atomic E-state index is 9.60. The number of aromatic nitrogens is 2. The topological polar surface area (TPSA) is 61.3 Å². The van der Waals surface area contributed by atoms with Crippen LogP contribution in [0.1, 0.15) is 16.9 Å². The number of hydrogen-bond donors (Lipinski definition) is 2. The van der Waals surface area contributed by atoms with E-state index in [0.29, 0.717) is 12.5 Å². The number of hydrogen-bond acceptors (Lipinski definition) is 6. The number of nitrogens with one attached hydrogen (secondary N) is 1. The Morgan fingerprint density at radius 2 is 2.38 bits per heavy atom. The number of aliphatic hydroxyl groups excluding tert-OH is 1. The third kappa shape index (κ3) is 3.51. The lowest BCUT2D eigenvalue weighted by Gasteiger charge is -2.17. The molecule has 1 saturated heterocycles. The predicted octanol–water partition coefficient (Wildman–Crippen LogP) is 2.07. The molecule has 3 heterocycles. The van der Waals surface area contributed by atoms with Crippen molar-refractivity contribution in [3.05, 3.63) is 34.2 Å². The highest BCUT2D eigenvalue weighted by atomic mass is 32.1. The standard InChI is InChI=1S/C15H20N4OS/c1-11-5-9-21-13(11)2-6-16-15-17-7-3-14(18-15)19-8-4-12(20)10-19/h3,5,7,9,12,20H,2,4,6,8,10H2,1H3,(H,16,17,18)/t12-/m0/s1. The number of thiophene rings is 1. The molecule has 2 aromatic rings. The van der Waals surface area contributed by atoms with Crippen LogP contribution in [-0.2, 0) is 6.42 Å². The van der Waals surface area contributed by atoms with Crippen LogP contribution in [0.5, 0.6) is 0 Å². The van der Waals surface area contributed by atoms with Gasteiger partial charge >= 0.3 is 0 Å². The van der Waals surface area contributed by atoms with Crippen molar-refractivity contribution < 1.29 is 5.11 Å². The average Bonchev–Trinajstić information content (AvgIpc) is 3.09. The van der Waals surface area contributed by atoms with Gasteiger partial charge in [-0.3, -0.25) is 0 Å². The minimum absolute atomic E-state index is 0.238. The zero-order valence-electron chi connectivity index (χ0n) is 12.1. The molecule has 0 aliphatic carbocycles. The maximum Gasteiger partial charge on any atom is 0.224 e. The van der Waals surface area contributed by atoms with Gasteiger partial charge in [0.15, 0.2) is 0 Å². The van der Waals surface area contributed by atoms with Gasteiger partial charge in [0.25, 0.3) is 0 Å². The lowest BCUT2D eigenvalue weighted by molar-refractivity contribution is 0.198. The molecule has 3 rings (SSSR count). The molecule has 1 atom stereocenters. The largest absolute Gasteiger partial charge is 0.391 e. The lowest BCUT2D eigenvalue weighted by Crippen LogP contribution is -2.22. The van der Waals surface area contributed by atoms with E-state index in [2.05, 4.69) is 38.6 Å². The summed E-state index contributed by atoms with van der Waals surface area (Å²) in [5.74, 6) is 1.54. The Morgan fingerprint density at radius 1 is 1.48 bits per heavy atom. The van der Waals surface area contributed by atoms with Crippen LogP contribution < -0.4 is 10.2 Å². The zero-order valence-corrected chi connectivity index (χ0v) is 12.9. The van der Waals surface area contributed by atoms with Crippen LogP contribution in [-0.4, -0.2) is 40.8 Å². The zero-order chi connectivity index (χ0) is 14.7. The van der Waals surface area contributed by atoms with Crippen molar-refractivity contribution in [3.63, 3.8) is 0 Å². The van der Waals surface area contributed by atoms with Gasteiger partial charge in [-0.1, -0.05) is 0 Å². The Morgan fingerprint density at radius 3 is 3.10 bits per heavy atom. The summed E-state index contributed by atoms with van der Waals surface area (Å²) in [4.78, 5) is 12.3. The fraction of sp³-hybridized carbons (Fsp3) is 0.467. The van der Waals surface area contributed by atoms with Gasteiger partial charge in [0.2, 0.25) is 5.95 Å². The van der Waals surface area contributed by atoms with Crippen molar-refractivity contribution >= 4 is 23.1 Å². The first-order valence-corrected chi connectivity index (χ1v) is 8.13. The number of aryl methyl sites for hydroxylation is 1. The van der Waals surface area contributed by atoms with Crippen LogP contribution in [0.15, 0.2) is 23.7 Å². The van der Waals surface area contributed by atoms with Crippen molar-refractivity contribution in [3.8, 4) is 0 Å². The minimum atomic E-state index is -0.238. The molecule has 2 aromatic heterocycles. The number of rotatable bonds is 5. The van der Waals surface area contributed by atoms with Crippen LogP contribution in [0, 0.1) is 6.92 Å². The Bertz CT molecular complexity index is 601. The molecule has 1 aliphatic rings. The lowest BCUT2D eigenvalue weighted by atomic mass is 10.2. The Kier molecular flexibility index (Phi) is 4.36. The molecule has 1 fully saturated rings. The molecule has 0 aromatic carbocycles. The first kappa shape index (κ1) is 14.3. The third-order valence-electron chi connectivity index (χ3n) is 3.73. The predicted molar refractivity (Wildman–Crippen MR) is 86.1 cm³/mol. The van der Waals surface area contributed by atoms with Crippen molar-refractivity contribution in [2.45, 2.75) is 25.9 Å². The summed E-state index contributed by atoms with van der Waals surface area (Å²) < 4.78 is 0. The molecule has 5 nitrogen and oxygen atoms in total. The van der Waals surface area contributed by atoms with Crippen molar-refractivity contribution in [2.24, 2.45) is 0 Å². The highest BCUT2D eigenvalue weighted by Gasteiger charge is 2.21. The van der Waals surface area contributed by atoms with Crippen LogP contribution in [0.2, 0.25) is 0 Å². The van der Waals surface area contributed by atoms with Crippen molar-refractivity contribution in [1.82, 2.24) is 9.97 Å². The molecule has 0 bridgehead atoms. The maximum atomic E-state index is 9.60. The molecule has 0 amide bonds. The van der Waals surface area contributed by atoms with Crippen LogP contribution in [0.25, 0.3) is 0 Å². The van der Waals surface area contributed by atoms with Gasteiger partial charge in [-0.2, -0.15) is 4.98 Å². The van der Waals surface area contributed by atoms with Gasteiger partial charge in [-0.15, -0.1) is 11.3 Å². The SMILES string of the molecule is Cc1ccsc1CCNc1nccc(N2CC[C@H](O)C2)n1. The molecular weight excluding hydrogens is 284 g/mol. The van der Waals surface area contributed by atoms with Gasteiger partial charge in [0, 0.05) is 30.7 Å². The molecule has 1 aliphatic heterocycles.